The molecule has 0 fully saturated rings. The number of nitrogens with one attached hydrogen (secondary N) is 1. The molecular formula is C15H13NO4. The SMILES string of the molecule is O=C(Nc1ccccc1)C(O)(O)C(=O)c1ccccc1. The van der Waals surface area contributed by atoms with Crippen LogP contribution in [0.25, 0.3) is 0 Å². The summed E-state index contributed by atoms with van der Waals surface area (Å²) in [6.07, 6.45) is 0. The van der Waals surface area contributed by atoms with E-state index in [0.717, 1.165) is 0 Å². The molecule has 0 spiro atoms. The van der Waals surface area contributed by atoms with Crippen LogP contribution in [0.2, 0.25) is 0 Å². The standard InChI is InChI=1S/C15H13NO4/c17-13(11-7-3-1-4-8-11)15(19,20)14(18)16-12-9-5-2-6-10-12/h1-10,19-20H,(H,16,18). The maximum absolute atomic E-state index is 11.9. The minimum Gasteiger partial charge on any atom is -0.352 e. The smallest absolute Gasteiger partial charge is 0.311 e. The highest BCUT2D eigenvalue weighted by atomic mass is 16.5. The van der Waals surface area contributed by atoms with Crippen molar-refractivity contribution in [3.8, 4) is 0 Å². The van der Waals surface area contributed by atoms with Gasteiger partial charge in [-0.3, -0.25) is 9.59 Å². The number of para-hydroxylation sites is 1. The molecule has 2 rings (SSSR count). The monoisotopic (exact) mass is 271 g/mol. The molecule has 0 atom stereocenters. The topological polar surface area (TPSA) is 86.6 Å². The molecule has 20 heavy (non-hydrogen) atoms. The molecule has 2 aromatic rings. The summed E-state index contributed by atoms with van der Waals surface area (Å²) >= 11 is 0. The first-order chi connectivity index (χ1) is 9.51. The van der Waals surface area contributed by atoms with Gasteiger partial charge in [0.25, 0.3) is 5.91 Å². The Bertz CT molecular complexity index is 608. The quantitative estimate of drug-likeness (QED) is 0.443. The van der Waals surface area contributed by atoms with Gasteiger partial charge in [0.05, 0.1) is 0 Å². The summed E-state index contributed by atoms with van der Waals surface area (Å²) in [6.45, 7) is 0. The number of anilines is 1. The van der Waals surface area contributed by atoms with Crippen LogP contribution in [0.15, 0.2) is 60.7 Å². The highest BCUT2D eigenvalue weighted by Crippen LogP contribution is 2.14. The van der Waals surface area contributed by atoms with E-state index in [1.165, 1.54) is 12.1 Å². The summed E-state index contributed by atoms with van der Waals surface area (Å²) < 4.78 is 0. The van der Waals surface area contributed by atoms with E-state index in [1.54, 1.807) is 48.5 Å². The third-order valence-corrected chi connectivity index (χ3v) is 2.70. The highest BCUT2D eigenvalue weighted by molar-refractivity contribution is 6.18. The zero-order valence-corrected chi connectivity index (χ0v) is 10.5. The average molecular weight is 271 g/mol. The number of aliphatic hydroxyl groups is 2. The molecule has 0 radical (unpaired) electrons. The lowest BCUT2D eigenvalue weighted by Crippen LogP contribution is -2.49. The molecule has 0 aliphatic heterocycles. The average Bonchev–Trinajstić information content (AvgIpc) is 2.48. The second-order valence-electron chi connectivity index (χ2n) is 4.19. The summed E-state index contributed by atoms with van der Waals surface area (Å²) in [5.41, 5.74) is 0.409. The molecule has 0 heterocycles. The van der Waals surface area contributed by atoms with E-state index in [0.29, 0.717) is 5.69 Å². The van der Waals surface area contributed by atoms with Gasteiger partial charge in [0.15, 0.2) is 0 Å². The van der Waals surface area contributed by atoms with Crippen molar-refractivity contribution in [3.05, 3.63) is 66.2 Å². The molecule has 0 aliphatic carbocycles. The van der Waals surface area contributed by atoms with E-state index in [-0.39, 0.29) is 5.56 Å². The second-order valence-corrected chi connectivity index (χ2v) is 4.19. The van der Waals surface area contributed by atoms with Gasteiger partial charge >= 0.3 is 5.79 Å². The Balaban J connectivity index is 2.17. The summed E-state index contributed by atoms with van der Waals surface area (Å²) in [5.74, 6) is -5.39. The van der Waals surface area contributed by atoms with E-state index in [1.807, 2.05) is 0 Å². The van der Waals surface area contributed by atoms with Gasteiger partial charge in [-0.25, -0.2) is 0 Å². The van der Waals surface area contributed by atoms with Crippen LogP contribution in [-0.2, 0) is 4.79 Å². The number of benzene rings is 2. The number of rotatable bonds is 4. The molecule has 0 saturated heterocycles. The Labute approximate surface area is 115 Å². The van der Waals surface area contributed by atoms with Gasteiger partial charge in [0.2, 0.25) is 5.78 Å². The molecular weight excluding hydrogens is 258 g/mol. The third kappa shape index (κ3) is 2.90. The van der Waals surface area contributed by atoms with Crippen LogP contribution in [-0.4, -0.2) is 27.7 Å². The van der Waals surface area contributed by atoms with Crippen LogP contribution in [0.1, 0.15) is 10.4 Å². The fourth-order valence-electron chi connectivity index (χ4n) is 1.63. The van der Waals surface area contributed by atoms with Gasteiger partial charge in [-0.05, 0) is 12.1 Å². The fraction of sp³-hybridized carbons (Fsp3) is 0.0667. The number of hydrogen-bond donors (Lipinski definition) is 3. The molecule has 0 saturated carbocycles. The summed E-state index contributed by atoms with van der Waals surface area (Å²) in [4.78, 5) is 23.8. The van der Waals surface area contributed by atoms with Crippen molar-refractivity contribution in [1.82, 2.24) is 0 Å². The van der Waals surface area contributed by atoms with Crippen molar-refractivity contribution in [2.75, 3.05) is 5.32 Å². The number of Topliss-reactive ketones (excluding diaryl/α,β-unsaturated/α-hetero) is 1. The number of ketones is 1. The van der Waals surface area contributed by atoms with E-state index >= 15 is 0 Å². The molecule has 3 N–H and O–H groups in total. The number of carbonyl (C=O) groups is 2. The number of carbonyl (C=O) groups excluding carboxylic acids is 2. The van der Waals surface area contributed by atoms with E-state index in [2.05, 4.69) is 5.32 Å². The van der Waals surface area contributed by atoms with Crippen molar-refractivity contribution >= 4 is 17.4 Å². The molecule has 0 aliphatic rings. The first-order valence-electron chi connectivity index (χ1n) is 5.93. The fourth-order valence-corrected chi connectivity index (χ4v) is 1.63. The lowest BCUT2D eigenvalue weighted by atomic mass is 10.0. The Morgan fingerprint density at radius 3 is 1.90 bits per heavy atom. The van der Waals surface area contributed by atoms with Crippen molar-refractivity contribution < 1.29 is 19.8 Å². The molecule has 1 amide bonds. The second kappa shape index (κ2) is 5.64. The summed E-state index contributed by atoms with van der Waals surface area (Å²) in [6, 6.07) is 15.8. The maximum atomic E-state index is 11.9. The highest BCUT2D eigenvalue weighted by Gasteiger charge is 2.42. The maximum Gasteiger partial charge on any atom is 0.311 e. The first kappa shape index (κ1) is 13.9. The first-order valence-corrected chi connectivity index (χ1v) is 5.93. The molecule has 102 valence electrons. The zero-order valence-electron chi connectivity index (χ0n) is 10.5. The Morgan fingerprint density at radius 2 is 1.35 bits per heavy atom. The number of amides is 1. The molecule has 5 heteroatoms. The Morgan fingerprint density at radius 1 is 0.850 bits per heavy atom. The predicted molar refractivity (Wildman–Crippen MR) is 73.0 cm³/mol. The minimum atomic E-state index is -3.11. The van der Waals surface area contributed by atoms with Crippen molar-refractivity contribution in [2.45, 2.75) is 5.79 Å². The third-order valence-electron chi connectivity index (χ3n) is 2.70. The molecule has 5 nitrogen and oxygen atoms in total. The van der Waals surface area contributed by atoms with Gasteiger partial charge in [-0.1, -0.05) is 48.5 Å². The van der Waals surface area contributed by atoms with Crippen LogP contribution < -0.4 is 5.32 Å². The van der Waals surface area contributed by atoms with Gasteiger partial charge in [-0.2, -0.15) is 0 Å². The van der Waals surface area contributed by atoms with Crippen LogP contribution >= 0.6 is 0 Å². The van der Waals surface area contributed by atoms with E-state index < -0.39 is 17.5 Å². The van der Waals surface area contributed by atoms with Gasteiger partial charge < -0.3 is 15.5 Å². The molecule has 2 aromatic carbocycles. The van der Waals surface area contributed by atoms with Crippen molar-refractivity contribution in [3.63, 3.8) is 0 Å². The Kier molecular flexibility index (Phi) is 3.93. The number of hydrogen-bond acceptors (Lipinski definition) is 4. The van der Waals surface area contributed by atoms with Crippen LogP contribution in [0.4, 0.5) is 5.69 Å². The van der Waals surface area contributed by atoms with Crippen LogP contribution in [0.5, 0.6) is 0 Å². The van der Waals surface area contributed by atoms with Gasteiger partial charge in [0.1, 0.15) is 0 Å². The van der Waals surface area contributed by atoms with Gasteiger partial charge in [0, 0.05) is 11.3 Å². The van der Waals surface area contributed by atoms with Crippen molar-refractivity contribution in [1.29, 1.82) is 0 Å². The minimum absolute atomic E-state index is 0.0423. The molecule has 0 unspecified atom stereocenters. The van der Waals surface area contributed by atoms with Gasteiger partial charge in [-0.15, -0.1) is 0 Å². The van der Waals surface area contributed by atoms with E-state index in [9.17, 15) is 19.8 Å². The molecule has 0 aromatic heterocycles. The lowest BCUT2D eigenvalue weighted by Gasteiger charge is -2.19. The largest absolute Gasteiger partial charge is 0.352 e. The van der Waals surface area contributed by atoms with E-state index in [4.69, 9.17) is 0 Å². The molecule has 0 bridgehead atoms. The van der Waals surface area contributed by atoms with Crippen LogP contribution in [0.3, 0.4) is 0 Å². The van der Waals surface area contributed by atoms with Crippen molar-refractivity contribution in [2.24, 2.45) is 0 Å². The zero-order chi connectivity index (χ0) is 14.6. The van der Waals surface area contributed by atoms with Crippen LogP contribution in [0, 0.1) is 0 Å². The lowest BCUT2D eigenvalue weighted by molar-refractivity contribution is -0.161. The predicted octanol–water partition coefficient (Wildman–Crippen LogP) is 1.19. The normalized spacial score (nSPS) is 10.9. The summed E-state index contributed by atoms with van der Waals surface area (Å²) in [5, 5.41) is 21.8. The Hall–Kier alpha value is -2.50. The summed E-state index contributed by atoms with van der Waals surface area (Å²) in [7, 11) is 0.